The molecule has 41 heavy (non-hydrogen) atoms. The van der Waals surface area contributed by atoms with Crippen LogP contribution in [0, 0.1) is 0 Å². The van der Waals surface area contributed by atoms with Gasteiger partial charge in [0.25, 0.3) is 5.91 Å². The van der Waals surface area contributed by atoms with E-state index < -0.39 is 17.7 Å². The maximum Gasteiger partial charge on any atom is 0.490 e. The highest BCUT2D eigenvalue weighted by Crippen LogP contribution is 2.40. The fourth-order valence-corrected chi connectivity index (χ4v) is 4.27. The Labute approximate surface area is 234 Å². The molecule has 3 N–H and O–H groups in total. The number of nitrogens with two attached hydrogens (primary N) is 1. The van der Waals surface area contributed by atoms with Crippen LogP contribution in [0.5, 0.6) is 5.75 Å². The van der Waals surface area contributed by atoms with Crippen molar-refractivity contribution >= 4 is 17.8 Å². The first kappa shape index (κ1) is 28.9. The zero-order valence-electron chi connectivity index (χ0n) is 21.9. The molecule has 0 saturated carbocycles. The lowest BCUT2D eigenvalue weighted by Crippen LogP contribution is -2.41. The molecule has 1 aliphatic rings. The third-order valence-electron chi connectivity index (χ3n) is 6.39. The van der Waals surface area contributed by atoms with E-state index >= 15 is 0 Å². The molecule has 1 unspecified atom stereocenters. The van der Waals surface area contributed by atoms with Gasteiger partial charge in [-0.05, 0) is 46.0 Å². The number of carboxylic acid groups (broad SMARTS) is 1. The number of halogens is 3. The molecule has 0 bridgehead atoms. The summed E-state index contributed by atoms with van der Waals surface area (Å²) in [5.74, 6) is -1.92. The lowest BCUT2D eigenvalue weighted by Gasteiger charge is -2.26. The third-order valence-corrected chi connectivity index (χ3v) is 6.39. The summed E-state index contributed by atoms with van der Waals surface area (Å²) in [6, 6.07) is 35.5. The summed E-state index contributed by atoms with van der Waals surface area (Å²) in [5, 5.41) is 7.12. The number of aliphatic carboxylic acids is 1. The predicted octanol–water partition coefficient (Wildman–Crippen LogP) is 5.60. The number of carboxylic acids is 1. The number of guanidine groups is 1. The van der Waals surface area contributed by atoms with Crippen molar-refractivity contribution < 1.29 is 32.6 Å². The van der Waals surface area contributed by atoms with Gasteiger partial charge >= 0.3 is 12.1 Å². The van der Waals surface area contributed by atoms with Gasteiger partial charge < -0.3 is 15.6 Å². The molecule has 10 heteroatoms. The third kappa shape index (κ3) is 6.38. The van der Waals surface area contributed by atoms with Gasteiger partial charge in [0.2, 0.25) is 0 Å². The monoisotopic (exact) mass is 561 g/mol. The quantitative estimate of drug-likeness (QED) is 0.319. The fourth-order valence-electron chi connectivity index (χ4n) is 4.27. The van der Waals surface area contributed by atoms with Crippen molar-refractivity contribution in [2.75, 3.05) is 7.05 Å². The van der Waals surface area contributed by atoms with Crippen LogP contribution in [0.15, 0.2) is 114 Å². The molecule has 1 amide bonds. The van der Waals surface area contributed by atoms with Gasteiger partial charge in [-0.3, -0.25) is 9.69 Å². The van der Waals surface area contributed by atoms with E-state index in [-0.39, 0.29) is 11.9 Å². The fraction of sp³-hybridized carbons (Fsp3) is 0.129. The Hall–Kier alpha value is -5.12. The first-order valence-corrected chi connectivity index (χ1v) is 12.4. The van der Waals surface area contributed by atoms with Gasteiger partial charge in [0.15, 0.2) is 11.5 Å². The molecular formula is C31H26F3N3O4. The molecule has 0 spiro atoms. The average molecular weight is 562 g/mol. The maximum absolute atomic E-state index is 13.4. The number of hydrogen-bond donors (Lipinski definition) is 2. The normalized spacial score (nSPS) is 16.4. The summed E-state index contributed by atoms with van der Waals surface area (Å²) in [4.78, 5) is 28.4. The van der Waals surface area contributed by atoms with Crippen LogP contribution in [0.25, 0.3) is 11.1 Å². The minimum absolute atomic E-state index is 0.169. The topological polar surface area (TPSA) is 105 Å². The second-order valence-electron chi connectivity index (χ2n) is 9.09. The smallest absolute Gasteiger partial charge is 0.489 e. The largest absolute Gasteiger partial charge is 0.490 e. The SMILES string of the molecule is CN1C(=O)C(c2ccccc2)(c2cccc(-c3ccc(OCc4ccccc4)cc3)c2)N=C1N.O=C(O)C(F)(F)F. The number of aliphatic imine (C=N–C) groups is 1. The highest BCUT2D eigenvalue weighted by molar-refractivity contribution is 6.09. The number of alkyl halides is 3. The van der Waals surface area contributed by atoms with Gasteiger partial charge in [0.05, 0.1) is 0 Å². The van der Waals surface area contributed by atoms with E-state index in [2.05, 4.69) is 4.99 Å². The van der Waals surface area contributed by atoms with Gasteiger partial charge in [-0.15, -0.1) is 0 Å². The van der Waals surface area contributed by atoms with Crippen molar-refractivity contribution in [1.82, 2.24) is 4.90 Å². The van der Waals surface area contributed by atoms with Crippen LogP contribution in [0.4, 0.5) is 13.2 Å². The number of nitrogens with zero attached hydrogens (tertiary/aromatic N) is 2. The Kier molecular flexibility index (Phi) is 8.42. The Morgan fingerprint density at radius 2 is 1.44 bits per heavy atom. The number of likely N-dealkylation sites (N-methyl/N-ethyl adjacent to an activating group) is 1. The Morgan fingerprint density at radius 3 is 1.98 bits per heavy atom. The summed E-state index contributed by atoms with van der Waals surface area (Å²) in [6.07, 6.45) is -5.08. The molecule has 0 radical (unpaired) electrons. The van der Waals surface area contributed by atoms with Crippen LogP contribution in [0.3, 0.4) is 0 Å². The standard InChI is InChI=1S/C29H25N3O2.C2HF3O2/c1-32-27(33)29(31-28(32)30,24-12-6-3-7-13-24)25-14-8-11-23(19-25)22-15-17-26(18-16-22)34-20-21-9-4-2-5-10-21;3-2(4,5)1(6)7/h2-19H,20H2,1H3,(H2,30,31);(H,6,7). The van der Waals surface area contributed by atoms with Crippen LogP contribution >= 0.6 is 0 Å². The first-order chi connectivity index (χ1) is 19.5. The van der Waals surface area contributed by atoms with E-state index in [4.69, 9.17) is 20.4 Å². The molecule has 1 heterocycles. The second-order valence-corrected chi connectivity index (χ2v) is 9.09. The number of carbonyl (C=O) groups excluding carboxylic acids is 1. The summed E-state index contributed by atoms with van der Waals surface area (Å²) in [5.41, 5.74) is 9.59. The molecule has 7 nitrogen and oxygen atoms in total. The zero-order valence-corrected chi connectivity index (χ0v) is 21.9. The van der Waals surface area contributed by atoms with Crippen molar-refractivity contribution in [3.8, 4) is 16.9 Å². The van der Waals surface area contributed by atoms with Gasteiger partial charge in [-0.25, -0.2) is 9.79 Å². The molecule has 0 fully saturated rings. The molecule has 1 aliphatic heterocycles. The van der Waals surface area contributed by atoms with E-state index in [0.29, 0.717) is 6.61 Å². The predicted molar refractivity (Wildman–Crippen MR) is 148 cm³/mol. The van der Waals surface area contributed by atoms with E-state index in [1.807, 2.05) is 109 Å². The van der Waals surface area contributed by atoms with Gasteiger partial charge in [-0.1, -0.05) is 91.0 Å². The highest BCUT2D eigenvalue weighted by Gasteiger charge is 2.49. The lowest BCUT2D eigenvalue weighted by molar-refractivity contribution is -0.192. The molecule has 5 rings (SSSR count). The lowest BCUT2D eigenvalue weighted by atomic mass is 9.82. The van der Waals surface area contributed by atoms with Crippen molar-refractivity contribution in [1.29, 1.82) is 0 Å². The van der Waals surface area contributed by atoms with E-state index in [0.717, 1.165) is 33.6 Å². The number of carbonyl (C=O) groups is 2. The summed E-state index contributed by atoms with van der Waals surface area (Å²) in [6.45, 7) is 0.518. The molecule has 0 saturated heterocycles. The van der Waals surface area contributed by atoms with Crippen LogP contribution in [0.1, 0.15) is 16.7 Å². The molecule has 1 atom stereocenters. The Morgan fingerprint density at radius 1 is 0.878 bits per heavy atom. The average Bonchev–Trinajstić information content (AvgIpc) is 3.22. The van der Waals surface area contributed by atoms with E-state index in [1.54, 1.807) is 7.05 Å². The van der Waals surface area contributed by atoms with Crippen molar-refractivity contribution in [3.05, 3.63) is 126 Å². The zero-order chi connectivity index (χ0) is 29.6. The number of amides is 1. The number of ether oxygens (including phenoxy) is 1. The minimum Gasteiger partial charge on any atom is -0.489 e. The van der Waals surface area contributed by atoms with Gasteiger partial charge in [-0.2, -0.15) is 13.2 Å². The summed E-state index contributed by atoms with van der Waals surface area (Å²) in [7, 11) is 1.66. The van der Waals surface area contributed by atoms with Crippen LogP contribution in [-0.4, -0.2) is 41.1 Å². The van der Waals surface area contributed by atoms with Crippen LogP contribution in [0.2, 0.25) is 0 Å². The first-order valence-electron chi connectivity index (χ1n) is 12.4. The minimum atomic E-state index is -5.08. The Bertz CT molecular complexity index is 1540. The van der Waals surface area contributed by atoms with Gasteiger partial charge in [0.1, 0.15) is 12.4 Å². The molecule has 0 aliphatic carbocycles. The molecule has 0 aromatic heterocycles. The number of hydrogen-bond acceptors (Lipinski definition) is 5. The number of rotatable bonds is 6. The van der Waals surface area contributed by atoms with E-state index in [1.165, 1.54) is 4.90 Å². The summed E-state index contributed by atoms with van der Waals surface area (Å²) >= 11 is 0. The van der Waals surface area contributed by atoms with Crippen molar-refractivity contribution in [3.63, 3.8) is 0 Å². The highest BCUT2D eigenvalue weighted by atomic mass is 19.4. The van der Waals surface area contributed by atoms with Crippen molar-refractivity contribution in [2.45, 2.75) is 18.3 Å². The van der Waals surface area contributed by atoms with Crippen LogP contribution in [-0.2, 0) is 21.7 Å². The molecule has 4 aromatic carbocycles. The Balaban J connectivity index is 0.000000493. The van der Waals surface area contributed by atoms with Gasteiger partial charge in [0, 0.05) is 7.05 Å². The van der Waals surface area contributed by atoms with Crippen molar-refractivity contribution in [2.24, 2.45) is 10.7 Å². The van der Waals surface area contributed by atoms with E-state index in [9.17, 15) is 18.0 Å². The van der Waals surface area contributed by atoms with Crippen LogP contribution < -0.4 is 10.5 Å². The molecule has 4 aromatic rings. The summed E-state index contributed by atoms with van der Waals surface area (Å²) < 4.78 is 37.7. The molecule has 210 valence electrons. The molecular weight excluding hydrogens is 535 g/mol. The number of benzene rings is 4. The second kappa shape index (κ2) is 12.0. The maximum atomic E-state index is 13.4.